The van der Waals surface area contributed by atoms with Crippen LogP contribution in [0.15, 0.2) is 73.1 Å². The zero-order chi connectivity index (χ0) is 19.7. The fraction of sp³-hybridized carbons (Fsp3) is 0.400. The second kappa shape index (κ2) is 7.42. The van der Waals surface area contributed by atoms with E-state index < -0.39 is 0 Å². The van der Waals surface area contributed by atoms with Crippen molar-refractivity contribution in [3.63, 3.8) is 0 Å². The molecular formula is C25H32N2. The van der Waals surface area contributed by atoms with Crippen LogP contribution in [0.25, 0.3) is 0 Å². The van der Waals surface area contributed by atoms with Crippen LogP contribution < -0.4 is 0 Å². The van der Waals surface area contributed by atoms with Crippen LogP contribution in [0.5, 0.6) is 0 Å². The Balaban J connectivity index is 1.89. The third-order valence-corrected chi connectivity index (χ3v) is 5.05. The molecule has 0 saturated carbocycles. The fourth-order valence-corrected chi connectivity index (χ4v) is 4.06. The maximum absolute atomic E-state index is 3.66. The van der Waals surface area contributed by atoms with Gasteiger partial charge in [-0.05, 0) is 22.0 Å². The van der Waals surface area contributed by atoms with E-state index in [9.17, 15) is 0 Å². The predicted octanol–water partition coefficient (Wildman–Crippen LogP) is 6.65. The fourth-order valence-electron chi connectivity index (χ4n) is 4.06. The number of hydrogen-bond acceptors (Lipinski definition) is 2. The molecule has 2 aromatic carbocycles. The van der Waals surface area contributed by atoms with Crippen molar-refractivity contribution >= 4 is 0 Å². The Kier molecular flexibility index (Phi) is 5.37. The van der Waals surface area contributed by atoms with Gasteiger partial charge in [0.1, 0.15) is 0 Å². The first-order chi connectivity index (χ1) is 12.7. The molecule has 0 amide bonds. The second-order valence-corrected chi connectivity index (χ2v) is 9.57. The lowest BCUT2D eigenvalue weighted by Gasteiger charge is -2.41. The minimum absolute atomic E-state index is 0.0820. The average Bonchev–Trinajstić information content (AvgIpc) is 3.03. The first-order valence-corrected chi connectivity index (χ1v) is 9.79. The highest BCUT2D eigenvalue weighted by Crippen LogP contribution is 2.45. The Morgan fingerprint density at radius 3 is 1.22 bits per heavy atom. The molecule has 0 spiro atoms. The molecule has 3 rings (SSSR count). The molecule has 142 valence electrons. The SMILES string of the molecule is CC(C)(C)[C@@H](c1ccccc1)N1[C]N([C@H](c2ccccc2)C(C)(C)C)C=C1. The van der Waals surface area contributed by atoms with Gasteiger partial charge >= 0.3 is 0 Å². The van der Waals surface area contributed by atoms with Gasteiger partial charge in [-0.15, -0.1) is 0 Å². The normalized spacial score (nSPS) is 17.3. The summed E-state index contributed by atoms with van der Waals surface area (Å²) in [7, 11) is 0. The van der Waals surface area contributed by atoms with Gasteiger partial charge < -0.3 is 9.80 Å². The Morgan fingerprint density at radius 2 is 0.926 bits per heavy atom. The Morgan fingerprint density at radius 1 is 0.593 bits per heavy atom. The highest BCUT2D eigenvalue weighted by Gasteiger charge is 2.38. The maximum Gasteiger partial charge on any atom is 0.209 e. The van der Waals surface area contributed by atoms with Crippen molar-refractivity contribution in [3.05, 3.63) is 90.9 Å². The summed E-state index contributed by atoms with van der Waals surface area (Å²) in [5.74, 6) is 0. The minimum atomic E-state index is 0.0820. The Bertz CT molecular complexity index is 685. The number of rotatable bonds is 4. The summed E-state index contributed by atoms with van der Waals surface area (Å²) < 4.78 is 0. The lowest BCUT2D eigenvalue weighted by atomic mass is 9.81. The molecule has 1 heterocycles. The molecule has 2 radical (unpaired) electrons. The van der Waals surface area contributed by atoms with Crippen LogP contribution in [0.1, 0.15) is 64.8 Å². The lowest BCUT2D eigenvalue weighted by molar-refractivity contribution is 0.116. The van der Waals surface area contributed by atoms with Crippen LogP contribution in [0.3, 0.4) is 0 Å². The Hall–Kier alpha value is -2.22. The standard InChI is InChI=1S/C25H32N2/c1-24(2,3)22(20-13-9-7-10-14-20)26-17-18-27(19-26)23(25(4,5)6)21-15-11-8-12-16-21/h7-18,22-23H,1-6H3/t22-,23-/m1/s1. The lowest BCUT2D eigenvalue weighted by Crippen LogP contribution is -2.36. The van der Waals surface area contributed by atoms with Crippen LogP contribution in [-0.4, -0.2) is 9.80 Å². The predicted molar refractivity (Wildman–Crippen MR) is 113 cm³/mol. The van der Waals surface area contributed by atoms with E-state index in [0.717, 1.165) is 0 Å². The number of nitrogens with zero attached hydrogens (tertiary/aromatic N) is 2. The molecule has 0 unspecified atom stereocenters. The van der Waals surface area contributed by atoms with Gasteiger partial charge in [0.25, 0.3) is 0 Å². The quantitative estimate of drug-likeness (QED) is 0.602. The van der Waals surface area contributed by atoms with Gasteiger partial charge in [0.15, 0.2) is 0 Å². The van der Waals surface area contributed by atoms with Crippen molar-refractivity contribution in [1.29, 1.82) is 0 Å². The summed E-state index contributed by atoms with van der Waals surface area (Å²) in [6, 6.07) is 22.0. The summed E-state index contributed by atoms with van der Waals surface area (Å²) in [5.41, 5.74) is 2.80. The average molecular weight is 361 g/mol. The van der Waals surface area contributed by atoms with Crippen LogP contribution in [0.4, 0.5) is 0 Å². The molecule has 2 atom stereocenters. The molecule has 0 saturated heterocycles. The highest BCUT2D eigenvalue weighted by atomic mass is 15.4. The molecule has 0 N–H and O–H groups in total. The first-order valence-electron chi connectivity index (χ1n) is 9.79. The third-order valence-electron chi connectivity index (χ3n) is 5.05. The summed E-state index contributed by atoms with van der Waals surface area (Å²) in [5, 5.41) is 0. The number of benzene rings is 2. The largest absolute Gasteiger partial charge is 0.339 e. The highest BCUT2D eigenvalue weighted by molar-refractivity contribution is 5.26. The molecule has 27 heavy (non-hydrogen) atoms. The molecule has 2 nitrogen and oxygen atoms in total. The van der Waals surface area contributed by atoms with Crippen molar-refractivity contribution in [1.82, 2.24) is 9.80 Å². The van der Waals surface area contributed by atoms with Crippen LogP contribution >= 0.6 is 0 Å². The molecule has 1 aliphatic heterocycles. The van der Waals surface area contributed by atoms with Gasteiger partial charge in [0.05, 0.1) is 12.1 Å². The van der Waals surface area contributed by atoms with Crippen molar-refractivity contribution < 1.29 is 0 Å². The molecule has 1 aliphatic rings. The van der Waals surface area contributed by atoms with E-state index in [-0.39, 0.29) is 22.9 Å². The smallest absolute Gasteiger partial charge is 0.209 e. The van der Waals surface area contributed by atoms with Gasteiger partial charge in [-0.3, -0.25) is 0 Å². The van der Waals surface area contributed by atoms with Gasteiger partial charge in [-0.25, -0.2) is 0 Å². The van der Waals surface area contributed by atoms with E-state index in [1.165, 1.54) is 11.1 Å². The van der Waals surface area contributed by atoms with Crippen molar-refractivity contribution in [3.8, 4) is 0 Å². The van der Waals surface area contributed by atoms with Gasteiger partial charge in [-0.1, -0.05) is 102 Å². The maximum atomic E-state index is 3.66. The van der Waals surface area contributed by atoms with E-state index in [1.54, 1.807) is 0 Å². The minimum Gasteiger partial charge on any atom is -0.339 e. The van der Waals surface area contributed by atoms with E-state index in [2.05, 4.69) is 131 Å². The number of hydrogen-bond donors (Lipinski definition) is 0. The third kappa shape index (κ3) is 4.37. The van der Waals surface area contributed by atoms with E-state index in [4.69, 9.17) is 0 Å². The molecule has 0 fully saturated rings. The summed E-state index contributed by atoms with van der Waals surface area (Å²) >= 11 is 0. The van der Waals surface area contributed by atoms with Crippen molar-refractivity contribution in [2.75, 3.05) is 0 Å². The second-order valence-electron chi connectivity index (χ2n) is 9.57. The summed E-state index contributed by atoms with van der Waals surface area (Å²) in [6.07, 6.45) is 4.34. The molecular weight excluding hydrogens is 328 g/mol. The van der Waals surface area contributed by atoms with Crippen LogP contribution in [0.2, 0.25) is 0 Å². The van der Waals surface area contributed by atoms with E-state index in [0.29, 0.717) is 0 Å². The van der Waals surface area contributed by atoms with E-state index in [1.807, 2.05) is 0 Å². The Labute approximate surface area is 165 Å². The van der Waals surface area contributed by atoms with Crippen LogP contribution in [-0.2, 0) is 0 Å². The molecule has 2 heteroatoms. The topological polar surface area (TPSA) is 6.48 Å². The molecule has 0 aliphatic carbocycles. The van der Waals surface area contributed by atoms with Gasteiger partial charge in [0.2, 0.25) is 6.67 Å². The first kappa shape index (κ1) is 19.5. The molecule has 0 bridgehead atoms. The van der Waals surface area contributed by atoms with Crippen molar-refractivity contribution in [2.45, 2.75) is 53.6 Å². The molecule has 0 aromatic heterocycles. The van der Waals surface area contributed by atoms with Gasteiger partial charge in [-0.2, -0.15) is 0 Å². The zero-order valence-corrected chi connectivity index (χ0v) is 17.5. The monoisotopic (exact) mass is 360 g/mol. The summed E-state index contributed by atoms with van der Waals surface area (Å²) in [4.78, 5) is 4.49. The zero-order valence-electron chi connectivity index (χ0n) is 17.5. The van der Waals surface area contributed by atoms with E-state index >= 15 is 0 Å². The molecule has 2 aromatic rings. The van der Waals surface area contributed by atoms with Crippen LogP contribution in [0, 0.1) is 17.5 Å². The van der Waals surface area contributed by atoms with Gasteiger partial charge in [0, 0.05) is 12.4 Å². The van der Waals surface area contributed by atoms with Crippen molar-refractivity contribution in [2.24, 2.45) is 10.8 Å². The summed E-state index contributed by atoms with van der Waals surface area (Å²) in [6.45, 7) is 17.4.